The highest BCUT2D eigenvalue weighted by atomic mass is 16.6. The molecule has 6 nitrogen and oxygen atoms in total. The highest BCUT2D eigenvalue weighted by molar-refractivity contribution is 5.85. The molecule has 0 atom stereocenters. The van der Waals surface area contributed by atoms with Gasteiger partial charge in [-0.2, -0.15) is 0 Å². The monoisotopic (exact) mass is 339 g/mol. The van der Waals surface area contributed by atoms with Gasteiger partial charge in [-0.3, -0.25) is 4.79 Å². The van der Waals surface area contributed by atoms with Crippen LogP contribution in [0.2, 0.25) is 0 Å². The molecule has 2 rings (SSSR count). The third-order valence-corrected chi connectivity index (χ3v) is 5.08. The van der Waals surface area contributed by atoms with E-state index in [1.165, 1.54) is 25.7 Å². The van der Waals surface area contributed by atoms with E-state index in [0.29, 0.717) is 32.0 Å². The van der Waals surface area contributed by atoms with Crippen LogP contribution in [-0.2, 0) is 9.53 Å². The van der Waals surface area contributed by atoms with Gasteiger partial charge in [0.1, 0.15) is 11.1 Å². The van der Waals surface area contributed by atoms with Crippen LogP contribution in [0.15, 0.2) is 0 Å². The fourth-order valence-electron chi connectivity index (χ4n) is 3.67. The molecule has 138 valence electrons. The molecule has 1 aliphatic heterocycles. The van der Waals surface area contributed by atoms with Crippen molar-refractivity contribution in [1.82, 2.24) is 10.2 Å². The van der Waals surface area contributed by atoms with Gasteiger partial charge >= 0.3 is 6.09 Å². The summed E-state index contributed by atoms with van der Waals surface area (Å²) in [6.45, 7) is 6.57. The average Bonchev–Trinajstić information content (AvgIpc) is 2.74. The molecular weight excluding hydrogens is 306 g/mol. The zero-order valence-electron chi connectivity index (χ0n) is 15.4. The number of carbonyl (C=O) groups is 2. The predicted molar refractivity (Wildman–Crippen MR) is 93.6 cm³/mol. The predicted octanol–water partition coefficient (Wildman–Crippen LogP) is 2.55. The number of nitrogens with two attached hydrogens (primary N) is 1. The van der Waals surface area contributed by atoms with Crippen LogP contribution in [0.3, 0.4) is 0 Å². The molecule has 0 aromatic carbocycles. The standard InChI is InChI=1S/C18H33N3O3/c1-17(2,3)24-16(23)21-12-10-18(11-13-21,15(19)22)20-14-8-6-4-5-7-9-14/h14,20H,4-13H2,1-3H3,(H2,19,22). The Hall–Kier alpha value is -1.30. The first-order valence-corrected chi connectivity index (χ1v) is 9.27. The van der Waals surface area contributed by atoms with E-state index in [4.69, 9.17) is 10.5 Å². The van der Waals surface area contributed by atoms with E-state index in [1.54, 1.807) is 4.90 Å². The third kappa shape index (κ3) is 5.10. The number of hydrogen-bond donors (Lipinski definition) is 2. The number of nitrogens with one attached hydrogen (secondary N) is 1. The Bertz CT molecular complexity index is 443. The van der Waals surface area contributed by atoms with Crippen molar-refractivity contribution in [3.05, 3.63) is 0 Å². The van der Waals surface area contributed by atoms with Gasteiger partial charge in [0.05, 0.1) is 0 Å². The molecule has 1 saturated carbocycles. The van der Waals surface area contributed by atoms with Gasteiger partial charge in [0.25, 0.3) is 0 Å². The minimum Gasteiger partial charge on any atom is -0.444 e. The van der Waals surface area contributed by atoms with Crippen LogP contribution in [0.1, 0.15) is 72.1 Å². The lowest BCUT2D eigenvalue weighted by Crippen LogP contribution is -2.63. The number of nitrogens with zero attached hydrogens (tertiary/aromatic N) is 1. The lowest BCUT2D eigenvalue weighted by atomic mass is 9.85. The summed E-state index contributed by atoms with van der Waals surface area (Å²) in [6, 6.07) is 0.355. The van der Waals surface area contributed by atoms with Gasteiger partial charge in [-0.15, -0.1) is 0 Å². The van der Waals surface area contributed by atoms with Crippen LogP contribution >= 0.6 is 0 Å². The Labute approximate surface area is 145 Å². The normalized spacial score (nSPS) is 22.7. The third-order valence-electron chi connectivity index (χ3n) is 5.08. The smallest absolute Gasteiger partial charge is 0.410 e. The van der Waals surface area contributed by atoms with Gasteiger partial charge in [-0.1, -0.05) is 25.7 Å². The summed E-state index contributed by atoms with van der Waals surface area (Å²) < 4.78 is 5.42. The molecule has 0 radical (unpaired) electrons. The average molecular weight is 339 g/mol. The van der Waals surface area contributed by atoms with Gasteiger partial charge in [0.2, 0.25) is 5.91 Å². The van der Waals surface area contributed by atoms with Crippen LogP contribution in [0.5, 0.6) is 0 Å². The Morgan fingerprint density at radius 2 is 1.62 bits per heavy atom. The molecule has 2 fully saturated rings. The fourth-order valence-corrected chi connectivity index (χ4v) is 3.67. The second kappa shape index (κ2) is 7.72. The van der Waals surface area contributed by atoms with Gasteiger partial charge in [0.15, 0.2) is 0 Å². The Balaban J connectivity index is 1.95. The Morgan fingerprint density at radius 1 is 1.08 bits per heavy atom. The summed E-state index contributed by atoms with van der Waals surface area (Å²) in [7, 11) is 0. The van der Waals surface area contributed by atoms with Crippen molar-refractivity contribution in [2.45, 2.75) is 89.3 Å². The minimum absolute atomic E-state index is 0.296. The van der Waals surface area contributed by atoms with E-state index in [9.17, 15) is 9.59 Å². The van der Waals surface area contributed by atoms with Gasteiger partial charge in [-0.25, -0.2) is 4.79 Å². The fraction of sp³-hybridized carbons (Fsp3) is 0.889. The van der Waals surface area contributed by atoms with E-state index in [-0.39, 0.29) is 12.0 Å². The van der Waals surface area contributed by atoms with Crippen LogP contribution < -0.4 is 11.1 Å². The number of primary amides is 1. The molecule has 1 heterocycles. The lowest BCUT2D eigenvalue weighted by Gasteiger charge is -2.42. The van der Waals surface area contributed by atoms with Crippen molar-refractivity contribution < 1.29 is 14.3 Å². The molecular formula is C18H33N3O3. The van der Waals surface area contributed by atoms with Crippen LogP contribution in [-0.4, -0.2) is 47.2 Å². The van der Waals surface area contributed by atoms with Crippen LogP contribution in [0.25, 0.3) is 0 Å². The topological polar surface area (TPSA) is 84.7 Å². The van der Waals surface area contributed by atoms with Crippen molar-refractivity contribution in [2.75, 3.05) is 13.1 Å². The first-order chi connectivity index (χ1) is 11.2. The summed E-state index contributed by atoms with van der Waals surface area (Å²) in [5.74, 6) is -0.296. The maximum Gasteiger partial charge on any atom is 0.410 e. The maximum absolute atomic E-state index is 12.2. The molecule has 6 heteroatoms. The number of hydrogen-bond acceptors (Lipinski definition) is 4. The minimum atomic E-state index is -0.687. The molecule has 3 N–H and O–H groups in total. The number of rotatable bonds is 3. The largest absolute Gasteiger partial charge is 0.444 e. The van der Waals surface area contributed by atoms with E-state index >= 15 is 0 Å². The SMILES string of the molecule is CC(C)(C)OC(=O)N1CCC(NC2CCCCCC2)(C(N)=O)CC1. The second-order valence-electron chi connectivity index (χ2n) is 8.25. The second-order valence-corrected chi connectivity index (χ2v) is 8.25. The van der Waals surface area contributed by atoms with E-state index in [1.807, 2.05) is 20.8 Å². The summed E-state index contributed by atoms with van der Waals surface area (Å²) in [6.07, 6.45) is 7.95. The number of carbonyl (C=O) groups excluding carboxylic acids is 2. The Morgan fingerprint density at radius 3 is 2.08 bits per heavy atom. The van der Waals surface area contributed by atoms with E-state index < -0.39 is 11.1 Å². The van der Waals surface area contributed by atoms with Crippen LogP contribution in [0, 0.1) is 0 Å². The zero-order valence-corrected chi connectivity index (χ0v) is 15.4. The quantitative estimate of drug-likeness (QED) is 0.774. The van der Waals surface area contributed by atoms with E-state index in [2.05, 4.69) is 5.32 Å². The first-order valence-electron chi connectivity index (χ1n) is 9.27. The summed E-state index contributed by atoms with van der Waals surface area (Å²) in [5, 5.41) is 3.57. The van der Waals surface area contributed by atoms with Gasteiger partial charge in [-0.05, 0) is 46.5 Å². The number of piperidine rings is 1. The zero-order chi connectivity index (χ0) is 17.8. The first kappa shape index (κ1) is 19.0. The van der Waals surface area contributed by atoms with Crippen molar-refractivity contribution >= 4 is 12.0 Å². The van der Waals surface area contributed by atoms with E-state index in [0.717, 1.165) is 12.8 Å². The number of likely N-dealkylation sites (tertiary alicyclic amines) is 1. The van der Waals surface area contributed by atoms with Crippen molar-refractivity contribution in [3.8, 4) is 0 Å². The van der Waals surface area contributed by atoms with Crippen molar-refractivity contribution in [1.29, 1.82) is 0 Å². The molecule has 2 amide bonds. The number of ether oxygens (including phenoxy) is 1. The molecule has 1 saturated heterocycles. The molecule has 2 aliphatic rings. The molecule has 0 aromatic rings. The van der Waals surface area contributed by atoms with Crippen molar-refractivity contribution in [3.63, 3.8) is 0 Å². The molecule has 0 bridgehead atoms. The molecule has 0 unspecified atom stereocenters. The summed E-state index contributed by atoms with van der Waals surface area (Å²) >= 11 is 0. The molecule has 0 aromatic heterocycles. The van der Waals surface area contributed by atoms with Gasteiger partial charge in [0, 0.05) is 19.1 Å². The molecule has 0 spiro atoms. The summed E-state index contributed by atoms with van der Waals surface area (Å²) in [5.41, 5.74) is 4.55. The van der Waals surface area contributed by atoms with Crippen LogP contribution in [0.4, 0.5) is 4.79 Å². The van der Waals surface area contributed by atoms with Gasteiger partial charge < -0.3 is 20.7 Å². The molecule has 24 heavy (non-hydrogen) atoms. The Kier molecular flexibility index (Phi) is 6.12. The highest BCUT2D eigenvalue weighted by Crippen LogP contribution is 2.27. The lowest BCUT2D eigenvalue weighted by molar-refractivity contribution is -0.127. The molecule has 1 aliphatic carbocycles. The van der Waals surface area contributed by atoms with Crippen molar-refractivity contribution in [2.24, 2.45) is 5.73 Å². The highest BCUT2D eigenvalue weighted by Gasteiger charge is 2.42. The number of amides is 2. The maximum atomic E-state index is 12.2. The summed E-state index contributed by atoms with van der Waals surface area (Å²) in [4.78, 5) is 26.0.